The molecule has 0 spiro atoms. The fraction of sp³-hybridized carbons (Fsp3) is 0.571. The van der Waals surface area contributed by atoms with Crippen LogP contribution in [0.1, 0.15) is 70.4 Å². The third-order valence-electron chi connectivity index (χ3n) is 7.10. The number of urea groups is 1. The van der Waals surface area contributed by atoms with Crippen LogP contribution in [0.3, 0.4) is 0 Å². The molecular weight excluding hydrogens is 511 g/mol. The fourth-order valence-electron chi connectivity index (χ4n) is 4.90. The van der Waals surface area contributed by atoms with Crippen molar-refractivity contribution in [3.63, 3.8) is 0 Å². The van der Waals surface area contributed by atoms with Gasteiger partial charge in [-0.25, -0.2) is 9.69 Å². The Hall–Kier alpha value is -3.39. The number of alkyl halides is 3. The van der Waals surface area contributed by atoms with Gasteiger partial charge in [-0.2, -0.15) is 18.4 Å². The van der Waals surface area contributed by atoms with Crippen molar-refractivity contribution in [3.8, 4) is 6.07 Å². The second kappa shape index (κ2) is 13.1. The van der Waals surface area contributed by atoms with E-state index in [1.54, 1.807) is 0 Å². The summed E-state index contributed by atoms with van der Waals surface area (Å²) in [7, 11) is 0. The highest BCUT2D eigenvalue weighted by atomic mass is 19.4. The summed E-state index contributed by atoms with van der Waals surface area (Å²) in [5.74, 6) is -1.23. The molecule has 0 bridgehead atoms. The largest absolute Gasteiger partial charge is 0.417 e. The molecule has 1 N–H and O–H groups in total. The van der Waals surface area contributed by atoms with E-state index in [0.29, 0.717) is 24.5 Å². The second-order valence-corrected chi connectivity index (χ2v) is 10.3. The summed E-state index contributed by atoms with van der Waals surface area (Å²) < 4.78 is 40.1. The number of carbonyl (C=O) groups excluding carboxylic acids is 3. The van der Waals surface area contributed by atoms with Crippen LogP contribution in [0.25, 0.3) is 0 Å². The topological polar surface area (TPSA) is 96.8 Å². The van der Waals surface area contributed by atoms with Gasteiger partial charge in [-0.1, -0.05) is 19.3 Å². The van der Waals surface area contributed by atoms with E-state index < -0.39 is 29.1 Å². The summed E-state index contributed by atoms with van der Waals surface area (Å²) >= 11 is 0. The molecule has 0 radical (unpaired) electrons. The minimum Gasteiger partial charge on any atom is -0.336 e. The number of nitrogens with zero attached hydrogens (tertiary/aromatic N) is 4. The lowest BCUT2D eigenvalue weighted by Gasteiger charge is -2.35. The van der Waals surface area contributed by atoms with Crippen LogP contribution in [0.4, 0.5) is 23.7 Å². The van der Waals surface area contributed by atoms with Gasteiger partial charge in [0, 0.05) is 43.4 Å². The molecule has 0 aliphatic carbocycles. The van der Waals surface area contributed by atoms with Gasteiger partial charge in [0.25, 0.3) is 11.8 Å². The Morgan fingerprint density at radius 3 is 2.28 bits per heavy atom. The third kappa shape index (κ3) is 7.60. The Bertz CT molecular complexity index is 1150. The van der Waals surface area contributed by atoms with E-state index in [2.05, 4.69) is 10.2 Å². The molecule has 1 saturated heterocycles. The molecule has 1 aromatic carbocycles. The molecule has 0 atom stereocenters. The van der Waals surface area contributed by atoms with Gasteiger partial charge < -0.3 is 10.2 Å². The maximum atomic E-state index is 13.4. The average Bonchev–Trinajstić information content (AvgIpc) is 3.09. The molecule has 2 aliphatic heterocycles. The highest BCUT2D eigenvalue weighted by Crippen LogP contribution is 2.37. The predicted molar refractivity (Wildman–Crippen MR) is 141 cm³/mol. The molecule has 39 heavy (non-hydrogen) atoms. The number of rotatable bonds is 10. The molecule has 2 heterocycles. The van der Waals surface area contributed by atoms with Crippen molar-refractivity contribution in [2.24, 2.45) is 0 Å². The lowest BCUT2D eigenvalue weighted by molar-refractivity contribution is -0.138. The molecule has 0 saturated carbocycles. The summed E-state index contributed by atoms with van der Waals surface area (Å²) in [4.78, 5) is 42.8. The summed E-state index contributed by atoms with van der Waals surface area (Å²) in [6.45, 7) is 9.53. The van der Waals surface area contributed by atoms with E-state index >= 15 is 0 Å². The first-order valence-corrected chi connectivity index (χ1v) is 13.4. The normalized spacial score (nSPS) is 16.9. The Labute approximate surface area is 227 Å². The molecule has 0 unspecified atom stereocenters. The number of nitriles is 1. The predicted octanol–water partition coefficient (Wildman–Crippen LogP) is 4.84. The molecule has 0 aromatic heterocycles. The van der Waals surface area contributed by atoms with E-state index in [1.807, 2.05) is 18.7 Å². The summed E-state index contributed by atoms with van der Waals surface area (Å²) in [6.07, 6.45) is 0.203. The molecule has 2 aliphatic rings. The maximum Gasteiger partial charge on any atom is 0.417 e. The van der Waals surface area contributed by atoms with Crippen molar-refractivity contribution in [2.75, 3.05) is 37.6 Å². The minimum absolute atomic E-state index is 0.0106. The van der Waals surface area contributed by atoms with E-state index in [0.717, 1.165) is 69.4 Å². The highest BCUT2D eigenvalue weighted by molar-refractivity contribution is 6.32. The lowest BCUT2D eigenvalue weighted by atomic mass is 10.0. The molecule has 8 nitrogen and oxygen atoms in total. The molecule has 4 amide bonds. The van der Waals surface area contributed by atoms with Gasteiger partial charge in [0.1, 0.15) is 0 Å². The maximum absolute atomic E-state index is 13.4. The van der Waals surface area contributed by atoms with Crippen molar-refractivity contribution in [1.82, 2.24) is 15.1 Å². The first-order chi connectivity index (χ1) is 18.4. The number of hydrogen-bond acceptors (Lipinski definition) is 5. The molecule has 3 rings (SSSR count). The van der Waals surface area contributed by atoms with Crippen LogP contribution in [-0.4, -0.2) is 66.4 Å². The number of benzene rings is 1. The number of anilines is 1. The number of hydrogen-bond donors (Lipinski definition) is 1. The molecule has 1 fully saturated rings. The monoisotopic (exact) mass is 547 g/mol. The van der Waals surface area contributed by atoms with Gasteiger partial charge in [0.05, 0.1) is 22.9 Å². The van der Waals surface area contributed by atoms with Crippen LogP contribution in [0, 0.1) is 11.3 Å². The van der Waals surface area contributed by atoms with Crippen LogP contribution in [0.15, 0.2) is 29.3 Å². The standard InChI is InChI=1S/C28H36F3N5O3/c1-19(2)33-27(39)35-15-13-34(14-16-35)12-8-6-4-5-7-9-23-20(3)25(37)36(26(23)38)22-11-10-21(18-32)24(17-22)28(29,30)31/h10-11,17,19H,4-9,12-16H2,1-3H3,(H,33,39). The zero-order chi connectivity index (χ0) is 28.7. The fourth-order valence-corrected chi connectivity index (χ4v) is 4.90. The van der Waals surface area contributed by atoms with Crippen molar-refractivity contribution in [3.05, 3.63) is 40.5 Å². The zero-order valence-electron chi connectivity index (χ0n) is 22.7. The van der Waals surface area contributed by atoms with Crippen LogP contribution in [0.2, 0.25) is 0 Å². The summed E-state index contributed by atoms with van der Waals surface area (Å²) in [5.41, 5.74) is -1.34. The third-order valence-corrected chi connectivity index (χ3v) is 7.10. The van der Waals surface area contributed by atoms with E-state index in [4.69, 9.17) is 5.26 Å². The number of imide groups is 1. The quantitative estimate of drug-likeness (QED) is 0.334. The number of nitrogens with one attached hydrogen (secondary N) is 1. The number of carbonyl (C=O) groups is 3. The van der Waals surface area contributed by atoms with Gasteiger partial charge in [0.2, 0.25) is 0 Å². The van der Waals surface area contributed by atoms with Gasteiger partial charge in [-0.05, 0) is 64.8 Å². The molecule has 11 heteroatoms. The van der Waals surface area contributed by atoms with E-state index in [9.17, 15) is 27.6 Å². The number of amides is 4. The number of unbranched alkanes of at least 4 members (excludes halogenated alkanes) is 4. The SMILES string of the molecule is CC1=C(CCCCCCCN2CCN(C(=O)NC(C)C)CC2)C(=O)N(c2ccc(C#N)c(C(F)(F)F)c2)C1=O. The molecule has 212 valence electrons. The van der Waals surface area contributed by atoms with E-state index in [1.165, 1.54) is 19.1 Å². The summed E-state index contributed by atoms with van der Waals surface area (Å²) in [6, 6.07) is 4.47. The lowest BCUT2D eigenvalue weighted by Crippen LogP contribution is -2.52. The van der Waals surface area contributed by atoms with Gasteiger partial charge in [0.15, 0.2) is 0 Å². The van der Waals surface area contributed by atoms with Gasteiger partial charge in [-0.15, -0.1) is 0 Å². The second-order valence-electron chi connectivity index (χ2n) is 10.3. The Morgan fingerprint density at radius 1 is 1.03 bits per heavy atom. The van der Waals surface area contributed by atoms with Crippen LogP contribution in [-0.2, 0) is 15.8 Å². The zero-order valence-corrected chi connectivity index (χ0v) is 22.7. The molecular formula is C28H36F3N5O3. The Kier molecular flexibility index (Phi) is 10.1. The van der Waals surface area contributed by atoms with Gasteiger partial charge >= 0.3 is 12.2 Å². The average molecular weight is 548 g/mol. The Morgan fingerprint density at radius 2 is 1.67 bits per heavy atom. The van der Waals surface area contributed by atoms with E-state index in [-0.39, 0.29) is 23.3 Å². The Balaban J connectivity index is 1.41. The van der Waals surface area contributed by atoms with Crippen molar-refractivity contribution in [2.45, 2.75) is 71.5 Å². The van der Waals surface area contributed by atoms with Crippen molar-refractivity contribution < 1.29 is 27.6 Å². The number of piperazine rings is 1. The first-order valence-electron chi connectivity index (χ1n) is 13.4. The summed E-state index contributed by atoms with van der Waals surface area (Å²) in [5, 5.41) is 11.9. The smallest absolute Gasteiger partial charge is 0.336 e. The van der Waals surface area contributed by atoms with Crippen molar-refractivity contribution >= 4 is 23.5 Å². The first kappa shape index (κ1) is 30.2. The highest BCUT2D eigenvalue weighted by Gasteiger charge is 2.39. The van der Waals surface area contributed by atoms with Crippen LogP contribution < -0.4 is 10.2 Å². The van der Waals surface area contributed by atoms with Crippen molar-refractivity contribution in [1.29, 1.82) is 5.26 Å². The minimum atomic E-state index is -4.78. The molecule has 1 aromatic rings. The van der Waals surface area contributed by atoms with Crippen LogP contribution in [0.5, 0.6) is 0 Å². The van der Waals surface area contributed by atoms with Gasteiger partial charge in [-0.3, -0.25) is 14.5 Å². The number of halogens is 3. The van der Waals surface area contributed by atoms with Crippen LogP contribution >= 0.6 is 0 Å².